The lowest BCUT2D eigenvalue weighted by Gasteiger charge is -2.47. The van der Waals surface area contributed by atoms with Crippen molar-refractivity contribution in [3.05, 3.63) is 568 Å². The molecule has 28 rings (SSSR count). The molecule has 668 valence electrons. The van der Waals surface area contributed by atoms with Crippen molar-refractivity contribution < 1.29 is 0 Å². The molecule has 0 fully saturated rings. The van der Waals surface area contributed by atoms with Gasteiger partial charge in [0.25, 0.3) is 13.4 Å². The van der Waals surface area contributed by atoms with Gasteiger partial charge in [0, 0.05) is 125 Å². The van der Waals surface area contributed by atoms with Gasteiger partial charge in [-0.05, 0) is 289 Å². The maximum Gasteiger partial charge on any atom is 0.252 e. The molecule has 2 aliphatic carbocycles. The lowest BCUT2D eigenvalue weighted by Crippen LogP contribution is -2.65. The molecule has 22 aromatic carbocycles. The fourth-order valence-corrected chi connectivity index (χ4v) is 23.7. The predicted octanol–water partition coefficient (Wildman–Crippen LogP) is 31.6. The zero-order valence-corrected chi connectivity index (χ0v) is 77.2. The Morgan fingerprint density at radius 2 is 0.451 bits per heavy atom. The molecular formula is C132H94B2N8. The highest BCUT2D eigenvalue weighted by Gasteiger charge is 2.54. The fourth-order valence-electron chi connectivity index (χ4n) is 23.7. The van der Waals surface area contributed by atoms with Crippen LogP contribution in [0, 0.1) is 0 Å². The van der Waals surface area contributed by atoms with Gasteiger partial charge in [0.05, 0.1) is 22.5 Å². The summed E-state index contributed by atoms with van der Waals surface area (Å²) < 4.78 is 0. The number of hydrogen-bond acceptors (Lipinski definition) is 8. The molecule has 4 heterocycles. The molecule has 0 N–H and O–H groups in total. The van der Waals surface area contributed by atoms with Crippen LogP contribution in [0.4, 0.5) is 136 Å². The first kappa shape index (κ1) is 84.2. The highest BCUT2D eigenvalue weighted by molar-refractivity contribution is 7.03. The van der Waals surface area contributed by atoms with Gasteiger partial charge in [-0.25, -0.2) is 0 Å². The molecule has 0 amide bonds. The number of anilines is 24. The van der Waals surface area contributed by atoms with Gasteiger partial charge >= 0.3 is 0 Å². The minimum absolute atomic E-state index is 0. The Kier molecular flexibility index (Phi) is 20.8. The van der Waals surface area contributed by atoms with E-state index in [2.05, 4.69) is 585 Å². The number of benzene rings is 22. The molecule has 4 aliphatic heterocycles. The molecule has 6 aliphatic rings. The van der Waals surface area contributed by atoms with Crippen LogP contribution in [0.15, 0.2) is 546 Å². The summed E-state index contributed by atoms with van der Waals surface area (Å²) >= 11 is 0. The van der Waals surface area contributed by atoms with Crippen molar-refractivity contribution in [1.29, 1.82) is 0 Å². The number of fused-ring (bicyclic) bond motifs is 20. The van der Waals surface area contributed by atoms with Gasteiger partial charge in [0.1, 0.15) is 0 Å². The predicted molar refractivity (Wildman–Crippen MR) is 600 cm³/mol. The number of hydrogen-bond donors (Lipinski definition) is 0. The Morgan fingerprint density at radius 3 is 0.803 bits per heavy atom. The van der Waals surface area contributed by atoms with Gasteiger partial charge in [0.2, 0.25) is 0 Å². The smallest absolute Gasteiger partial charge is 0.252 e. The molecule has 0 atom stereocenters. The molecule has 10 heteroatoms. The lowest BCUT2D eigenvalue weighted by molar-refractivity contribution is 0.794. The van der Waals surface area contributed by atoms with Gasteiger partial charge < -0.3 is 39.2 Å². The first-order valence-corrected chi connectivity index (χ1v) is 48.7. The average Bonchev–Trinajstić information content (AvgIpc) is 1.46. The van der Waals surface area contributed by atoms with Gasteiger partial charge in [0.15, 0.2) is 0 Å². The van der Waals surface area contributed by atoms with E-state index >= 15 is 0 Å². The van der Waals surface area contributed by atoms with Crippen molar-refractivity contribution >= 4 is 193 Å². The number of nitrogens with zero attached hydrogens (tertiary/aromatic N) is 8. The second-order valence-electron chi connectivity index (χ2n) is 36.9. The lowest BCUT2D eigenvalue weighted by atomic mass is 9.30. The van der Waals surface area contributed by atoms with E-state index in [-0.39, 0.29) is 20.9 Å². The maximum absolute atomic E-state index is 2.62. The summed E-state index contributed by atoms with van der Waals surface area (Å²) in [6, 6.07) is 200. The van der Waals surface area contributed by atoms with Crippen molar-refractivity contribution in [3.63, 3.8) is 0 Å². The summed E-state index contributed by atoms with van der Waals surface area (Å²) in [5.41, 5.74) is 44.2. The molecule has 1 spiro atoms. The molecule has 0 saturated heterocycles. The number of rotatable bonds is 16. The second-order valence-corrected chi connectivity index (χ2v) is 36.9. The van der Waals surface area contributed by atoms with Gasteiger partial charge in [-0.3, -0.25) is 0 Å². The van der Waals surface area contributed by atoms with E-state index in [1.807, 2.05) is 0 Å². The van der Waals surface area contributed by atoms with Crippen LogP contribution >= 0.6 is 0 Å². The Balaban J connectivity index is 0.000000159. The van der Waals surface area contributed by atoms with Crippen LogP contribution in [-0.4, -0.2) is 13.4 Å². The fraction of sp³-hybridized carbons (Fsp3) is 0.0152. The number of para-hydroxylation sites is 14. The van der Waals surface area contributed by atoms with E-state index in [4.69, 9.17) is 0 Å². The Labute approximate surface area is 830 Å². The first-order chi connectivity index (χ1) is 70.1. The van der Waals surface area contributed by atoms with Crippen molar-refractivity contribution in [2.45, 2.75) is 12.8 Å². The highest BCUT2D eigenvalue weighted by atomic mass is 15.2. The van der Waals surface area contributed by atoms with Crippen molar-refractivity contribution in [2.24, 2.45) is 0 Å². The molecule has 0 aromatic heterocycles. The minimum atomic E-state index is -0.551. The summed E-state index contributed by atoms with van der Waals surface area (Å²) in [6.45, 7) is -0.295. The summed E-state index contributed by atoms with van der Waals surface area (Å²) in [7, 11) is 0. The van der Waals surface area contributed by atoms with Crippen molar-refractivity contribution in [2.75, 3.05) is 39.2 Å². The summed E-state index contributed by atoms with van der Waals surface area (Å²) in [5.74, 6) is 0. The topological polar surface area (TPSA) is 25.9 Å². The zero-order valence-electron chi connectivity index (χ0n) is 77.2. The first-order valence-electron chi connectivity index (χ1n) is 48.7. The third-order valence-electron chi connectivity index (χ3n) is 29.3. The van der Waals surface area contributed by atoms with Gasteiger partial charge in [-0.1, -0.05) is 347 Å². The van der Waals surface area contributed by atoms with E-state index in [9.17, 15) is 0 Å². The highest BCUT2D eigenvalue weighted by Crippen LogP contribution is 2.66. The Morgan fingerprint density at radius 1 is 0.169 bits per heavy atom. The van der Waals surface area contributed by atoms with Crippen LogP contribution in [0.5, 0.6) is 0 Å². The van der Waals surface area contributed by atoms with Gasteiger partial charge in [-0.15, -0.1) is 0 Å². The van der Waals surface area contributed by atoms with Crippen LogP contribution < -0.4 is 72.0 Å². The summed E-state index contributed by atoms with van der Waals surface area (Å²) in [6.07, 6.45) is 0. The third-order valence-corrected chi connectivity index (χ3v) is 29.3. The van der Waals surface area contributed by atoms with Crippen LogP contribution in [0.1, 0.15) is 29.7 Å². The average molecular weight is 1810 g/mol. The summed E-state index contributed by atoms with van der Waals surface area (Å²) in [4.78, 5) is 19.8. The quantitative estimate of drug-likeness (QED) is 0.0883. The SMILES string of the molecule is C.c1ccc(N(c2ccccc2)c2cc3c4c(c2)N(c2ccccc2)c2cc5c(cc2B4c2ccccc2N3c2ccccc2)B2c3ccccc3N(c3ccccc3)c3cc(N(c4ccccc4)c4ccccc4)cc(c32)N5c2ccccc2)cc1.c1ccc(N(c2ccccc2)c2ccc3c(c2)C2(c4ccccc4-c4ccccc42)c2cc(N(c4ccccc4)c4ccccc4)c4ccccc4c2-3)cc1. The molecule has 0 unspecified atom stereocenters. The monoisotopic (exact) mass is 1810 g/mol. The van der Waals surface area contributed by atoms with E-state index in [1.54, 1.807) is 0 Å². The van der Waals surface area contributed by atoms with Crippen LogP contribution in [-0.2, 0) is 5.41 Å². The van der Waals surface area contributed by atoms with Crippen LogP contribution in [0.3, 0.4) is 0 Å². The Hall–Kier alpha value is -18.4. The normalized spacial score (nSPS) is 12.8. The Bertz CT molecular complexity index is 8020. The second kappa shape index (κ2) is 35.0. The molecule has 142 heavy (non-hydrogen) atoms. The largest absolute Gasteiger partial charge is 0.311 e. The minimum Gasteiger partial charge on any atom is -0.311 e. The van der Waals surface area contributed by atoms with Crippen molar-refractivity contribution in [3.8, 4) is 22.3 Å². The van der Waals surface area contributed by atoms with E-state index in [0.717, 1.165) is 136 Å². The molecule has 0 radical (unpaired) electrons. The van der Waals surface area contributed by atoms with E-state index in [1.165, 1.54) is 88.1 Å². The maximum atomic E-state index is 2.62. The van der Waals surface area contributed by atoms with Gasteiger partial charge in [-0.2, -0.15) is 0 Å². The van der Waals surface area contributed by atoms with E-state index in [0.29, 0.717) is 0 Å². The standard InChI is InChI=1S/C78H54B2N6.C53H36N2.CH4/c1-9-29-55(30-10-1)81(56-31-11-2-12-32-56)63-49-73-77-75(51-63)85(61-41-21-7-22-42-61)71-54-72-68(53-67(71)79(77)65-45-25-27-47-69(65)83(73)59-37-17-5-18-38-59)80-66-46-26-28-48-70(66)84(60-39-19-6-20-40-60)74-50-64(52-76(78(74)80)86(72)62-43-23-8-24-44-62)82(57-33-13-3-14-34-57)58-35-15-4-16-36-58;1-5-19-37(20-6-1)54(38-21-7-2-8-22-38)41-33-34-46-49(35-41)53(47-31-17-15-27-42(47)43-28-16-18-32-48(43)53)50-36-51(44-29-13-14-30-45(44)52(46)50)55(39-23-9-3-10-24-39)40-25-11-4-12-26-40;/h1-54H;1-36H;1H4. The zero-order chi connectivity index (χ0) is 93.0. The van der Waals surface area contributed by atoms with Crippen LogP contribution in [0.25, 0.3) is 33.0 Å². The molecule has 22 aromatic rings. The van der Waals surface area contributed by atoms with Crippen molar-refractivity contribution in [1.82, 2.24) is 0 Å². The molecular weight excluding hydrogens is 1720 g/mol. The van der Waals surface area contributed by atoms with Crippen LogP contribution in [0.2, 0.25) is 0 Å². The third kappa shape index (κ3) is 13.5. The van der Waals surface area contributed by atoms with E-state index < -0.39 is 5.41 Å². The summed E-state index contributed by atoms with van der Waals surface area (Å²) in [5, 5.41) is 2.47. The molecule has 0 bridgehead atoms. The molecule has 0 saturated carbocycles. The molecule has 8 nitrogen and oxygen atoms in total.